The van der Waals surface area contributed by atoms with Crippen molar-refractivity contribution in [3.8, 4) is 0 Å². The van der Waals surface area contributed by atoms with Crippen LogP contribution in [-0.2, 0) is 0 Å². The summed E-state index contributed by atoms with van der Waals surface area (Å²) >= 11 is 0. The fourth-order valence-electron chi connectivity index (χ4n) is 3.28. The van der Waals surface area contributed by atoms with E-state index in [2.05, 4.69) is 26.1 Å². The zero-order chi connectivity index (χ0) is 10.9. The van der Waals surface area contributed by atoms with Crippen molar-refractivity contribution < 1.29 is 0 Å². The molecule has 15 heavy (non-hydrogen) atoms. The van der Waals surface area contributed by atoms with Gasteiger partial charge in [0, 0.05) is 12.1 Å². The van der Waals surface area contributed by atoms with Crippen LogP contribution in [0.5, 0.6) is 0 Å². The van der Waals surface area contributed by atoms with E-state index in [9.17, 15) is 0 Å². The maximum absolute atomic E-state index is 3.88. The topological polar surface area (TPSA) is 12.0 Å². The zero-order valence-corrected chi connectivity index (χ0v) is 10.7. The van der Waals surface area contributed by atoms with Crippen LogP contribution in [0.15, 0.2) is 0 Å². The summed E-state index contributed by atoms with van der Waals surface area (Å²) in [6, 6.07) is 1.70. The lowest BCUT2D eigenvalue weighted by molar-refractivity contribution is 0.196. The van der Waals surface area contributed by atoms with Gasteiger partial charge in [-0.05, 0) is 43.4 Å². The molecule has 2 rings (SSSR count). The highest BCUT2D eigenvalue weighted by Gasteiger charge is 2.38. The molecule has 3 unspecified atom stereocenters. The summed E-state index contributed by atoms with van der Waals surface area (Å²) in [5, 5.41) is 3.88. The second-order valence-corrected chi connectivity index (χ2v) is 6.52. The summed E-state index contributed by atoms with van der Waals surface area (Å²) < 4.78 is 0. The molecule has 0 heterocycles. The molecular weight excluding hydrogens is 182 g/mol. The Labute approximate surface area is 95.0 Å². The Morgan fingerprint density at radius 1 is 1.33 bits per heavy atom. The van der Waals surface area contributed by atoms with Gasteiger partial charge in [0.15, 0.2) is 0 Å². The van der Waals surface area contributed by atoms with Crippen LogP contribution in [0.1, 0.15) is 65.7 Å². The Balaban J connectivity index is 1.72. The van der Waals surface area contributed by atoms with E-state index in [0.717, 1.165) is 18.0 Å². The van der Waals surface area contributed by atoms with E-state index < -0.39 is 0 Å². The van der Waals surface area contributed by atoms with Crippen molar-refractivity contribution in [1.82, 2.24) is 5.32 Å². The molecule has 2 aliphatic rings. The predicted molar refractivity (Wildman–Crippen MR) is 66.0 cm³/mol. The van der Waals surface area contributed by atoms with E-state index >= 15 is 0 Å². The Hall–Kier alpha value is -0.0400. The van der Waals surface area contributed by atoms with E-state index in [-0.39, 0.29) is 0 Å². The van der Waals surface area contributed by atoms with Gasteiger partial charge < -0.3 is 5.32 Å². The van der Waals surface area contributed by atoms with Gasteiger partial charge in [-0.15, -0.1) is 0 Å². The van der Waals surface area contributed by atoms with E-state index in [1.54, 1.807) is 0 Å². The van der Waals surface area contributed by atoms with Gasteiger partial charge in [-0.3, -0.25) is 0 Å². The molecule has 2 saturated carbocycles. The SMILES string of the molecule is CCCC1CC1NC1CCCC(C)(C)C1. The third kappa shape index (κ3) is 3.21. The van der Waals surface area contributed by atoms with Gasteiger partial charge in [0.2, 0.25) is 0 Å². The van der Waals surface area contributed by atoms with Crippen LogP contribution < -0.4 is 5.32 Å². The molecule has 0 saturated heterocycles. The highest BCUT2D eigenvalue weighted by Crippen LogP contribution is 2.39. The molecule has 1 nitrogen and oxygen atoms in total. The van der Waals surface area contributed by atoms with E-state index in [4.69, 9.17) is 0 Å². The minimum Gasteiger partial charge on any atom is -0.311 e. The standard InChI is InChI=1S/C14H27N/c1-4-6-11-9-13(11)15-12-7-5-8-14(2,3)10-12/h11-13,15H,4-10H2,1-3H3. The molecule has 0 radical (unpaired) electrons. The predicted octanol–water partition coefficient (Wildman–Crippen LogP) is 3.73. The lowest BCUT2D eigenvalue weighted by Crippen LogP contribution is -2.38. The molecule has 0 bridgehead atoms. The second-order valence-electron chi connectivity index (χ2n) is 6.52. The van der Waals surface area contributed by atoms with Crippen LogP contribution in [0, 0.1) is 11.3 Å². The van der Waals surface area contributed by atoms with Gasteiger partial charge in [0.05, 0.1) is 0 Å². The van der Waals surface area contributed by atoms with E-state index in [0.29, 0.717) is 5.41 Å². The summed E-state index contributed by atoms with van der Waals surface area (Å²) in [6.07, 6.45) is 9.91. The first-order valence-corrected chi connectivity index (χ1v) is 6.87. The molecule has 2 fully saturated rings. The molecular formula is C14H27N. The van der Waals surface area contributed by atoms with Gasteiger partial charge in [-0.2, -0.15) is 0 Å². The van der Waals surface area contributed by atoms with Crippen LogP contribution in [0.3, 0.4) is 0 Å². The van der Waals surface area contributed by atoms with Crippen molar-refractivity contribution in [3.05, 3.63) is 0 Å². The Morgan fingerprint density at radius 2 is 2.13 bits per heavy atom. The van der Waals surface area contributed by atoms with Gasteiger partial charge in [-0.25, -0.2) is 0 Å². The van der Waals surface area contributed by atoms with Crippen LogP contribution in [0.25, 0.3) is 0 Å². The highest BCUT2D eigenvalue weighted by molar-refractivity contribution is 4.96. The first-order valence-electron chi connectivity index (χ1n) is 6.87. The van der Waals surface area contributed by atoms with Crippen LogP contribution in [-0.4, -0.2) is 12.1 Å². The van der Waals surface area contributed by atoms with Crippen molar-refractivity contribution in [1.29, 1.82) is 0 Å². The van der Waals surface area contributed by atoms with E-state index in [1.165, 1.54) is 44.9 Å². The van der Waals surface area contributed by atoms with Gasteiger partial charge in [0.25, 0.3) is 0 Å². The Bertz CT molecular complexity index is 209. The highest BCUT2D eigenvalue weighted by atomic mass is 15.0. The molecule has 0 aromatic carbocycles. The van der Waals surface area contributed by atoms with Gasteiger partial charge in [0.1, 0.15) is 0 Å². The van der Waals surface area contributed by atoms with Gasteiger partial charge in [-0.1, -0.05) is 33.6 Å². The Kier molecular flexibility index (Phi) is 3.39. The minimum atomic E-state index is 0.588. The molecule has 0 spiro atoms. The lowest BCUT2D eigenvalue weighted by Gasteiger charge is -2.35. The summed E-state index contributed by atoms with van der Waals surface area (Å²) in [5.74, 6) is 1.01. The monoisotopic (exact) mass is 209 g/mol. The summed E-state index contributed by atoms with van der Waals surface area (Å²) in [4.78, 5) is 0. The third-order valence-electron chi connectivity index (χ3n) is 4.24. The lowest BCUT2D eigenvalue weighted by atomic mass is 9.75. The van der Waals surface area contributed by atoms with Gasteiger partial charge >= 0.3 is 0 Å². The number of nitrogens with one attached hydrogen (secondary N) is 1. The fraction of sp³-hybridized carbons (Fsp3) is 1.00. The molecule has 1 heteroatoms. The number of hydrogen-bond donors (Lipinski definition) is 1. The summed E-state index contributed by atoms with van der Waals surface area (Å²) in [7, 11) is 0. The number of rotatable bonds is 4. The molecule has 2 aliphatic carbocycles. The molecule has 3 atom stereocenters. The smallest absolute Gasteiger partial charge is 0.0102 e. The molecule has 88 valence electrons. The average Bonchev–Trinajstić information content (AvgIpc) is 2.82. The number of hydrogen-bond acceptors (Lipinski definition) is 1. The van der Waals surface area contributed by atoms with Crippen LogP contribution in [0.4, 0.5) is 0 Å². The van der Waals surface area contributed by atoms with Crippen molar-refractivity contribution >= 4 is 0 Å². The van der Waals surface area contributed by atoms with Crippen molar-refractivity contribution in [3.63, 3.8) is 0 Å². The first kappa shape index (κ1) is 11.4. The summed E-state index contributed by atoms with van der Waals surface area (Å²) in [6.45, 7) is 7.16. The maximum atomic E-state index is 3.88. The molecule has 0 aromatic heterocycles. The van der Waals surface area contributed by atoms with Crippen molar-refractivity contribution in [2.24, 2.45) is 11.3 Å². The van der Waals surface area contributed by atoms with Crippen molar-refractivity contribution in [2.45, 2.75) is 77.8 Å². The second kappa shape index (κ2) is 4.45. The molecule has 0 amide bonds. The quantitative estimate of drug-likeness (QED) is 0.744. The minimum absolute atomic E-state index is 0.588. The van der Waals surface area contributed by atoms with Crippen LogP contribution in [0.2, 0.25) is 0 Å². The normalized spacial score (nSPS) is 39.0. The largest absolute Gasteiger partial charge is 0.311 e. The molecule has 1 N–H and O–H groups in total. The fourth-order valence-corrected chi connectivity index (χ4v) is 3.28. The average molecular weight is 209 g/mol. The molecule has 0 aliphatic heterocycles. The van der Waals surface area contributed by atoms with E-state index in [1.807, 2.05) is 0 Å². The van der Waals surface area contributed by atoms with Crippen LogP contribution >= 0.6 is 0 Å². The molecule has 0 aromatic rings. The zero-order valence-electron chi connectivity index (χ0n) is 10.7. The first-order chi connectivity index (χ1) is 7.11. The third-order valence-corrected chi connectivity index (χ3v) is 4.24. The maximum Gasteiger partial charge on any atom is 0.0102 e. The van der Waals surface area contributed by atoms with Crippen molar-refractivity contribution in [2.75, 3.05) is 0 Å². The Morgan fingerprint density at radius 3 is 2.80 bits per heavy atom. The summed E-state index contributed by atoms with van der Waals surface area (Å²) in [5.41, 5.74) is 0.588.